The number of guanidine groups is 1. The van der Waals surface area contributed by atoms with E-state index in [1.165, 1.54) is 0 Å². The van der Waals surface area contributed by atoms with Crippen molar-refractivity contribution in [2.24, 2.45) is 10.9 Å². The van der Waals surface area contributed by atoms with Crippen molar-refractivity contribution < 1.29 is 14.1 Å². The molecule has 0 aliphatic carbocycles. The summed E-state index contributed by atoms with van der Waals surface area (Å²) in [4.78, 5) is 16.3. The topological polar surface area (TPSA) is 101 Å². The summed E-state index contributed by atoms with van der Waals surface area (Å²) >= 11 is 0. The third kappa shape index (κ3) is 10.7. The van der Waals surface area contributed by atoms with Gasteiger partial charge in [0.05, 0.1) is 12.3 Å². The van der Waals surface area contributed by atoms with Gasteiger partial charge in [-0.3, -0.25) is 0 Å². The Hall–Kier alpha value is -1.52. The standard InChI is InChI=1S/C19H35N5O3.HI/c1-7-20-18(22-12-16-10-17(14(5)6)24-27-16)21-11-15(9-13(3)4)23-19(25)26-8-2;/h10,13-15H,7-9,11-12H2,1-6H3,(H,23,25)(H2,20,21,22);1H. The van der Waals surface area contributed by atoms with E-state index >= 15 is 0 Å². The molecular formula is C19H36IN5O3. The van der Waals surface area contributed by atoms with Crippen LogP contribution in [-0.2, 0) is 11.3 Å². The SMILES string of the molecule is CCNC(=NCc1cc(C(C)C)no1)NCC(CC(C)C)NC(=O)OCC.I. The van der Waals surface area contributed by atoms with Gasteiger partial charge in [-0.25, -0.2) is 9.79 Å². The minimum absolute atomic E-state index is 0. The second kappa shape index (κ2) is 14.5. The zero-order chi connectivity index (χ0) is 20.2. The molecule has 0 bridgehead atoms. The minimum atomic E-state index is -0.394. The van der Waals surface area contributed by atoms with Crippen molar-refractivity contribution in [2.75, 3.05) is 19.7 Å². The van der Waals surface area contributed by atoms with E-state index in [-0.39, 0.29) is 30.0 Å². The molecule has 0 saturated carbocycles. The zero-order valence-corrected chi connectivity index (χ0v) is 20.2. The molecule has 162 valence electrons. The summed E-state index contributed by atoms with van der Waals surface area (Å²) in [6.45, 7) is 14.2. The smallest absolute Gasteiger partial charge is 0.407 e. The van der Waals surface area contributed by atoms with Crippen LogP contribution in [0.3, 0.4) is 0 Å². The normalized spacial score (nSPS) is 12.5. The lowest BCUT2D eigenvalue weighted by molar-refractivity contribution is 0.146. The molecule has 1 aromatic heterocycles. The Bertz CT molecular complexity index is 590. The van der Waals surface area contributed by atoms with E-state index in [9.17, 15) is 4.79 Å². The van der Waals surface area contributed by atoms with Crippen molar-refractivity contribution in [3.8, 4) is 0 Å². The van der Waals surface area contributed by atoms with Crippen LogP contribution in [0.2, 0.25) is 0 Å². The van der Waals surface area contributed by atoms with Gasteiger partial charge in [0.2, 0.25) is 0 Å². The van der Waals surface area contributed by atoms with Crippen molar-refractivity contribution in [2.45, 2.75) is 66.5 Å². The second-order valence-electron chi connectivity index (χ2n) is 7.14. The number of aromatic nitrogens is 1. The van der Waals surface area contributed by atoms with E-state index < -0.39 is 6.09 Å². The summed E-state index contributed by atoms with van der Waals surface area (Å²) in [5.74, 6) is 2.16. The predicted molar refractivity (Wildman–Crippen MR) is 122 cm³/mol. The summed E-state index contributed by atoms with van der Waals surface area (Å²) in [6, 6.07) is 1.88. The van der Waals surface area contributed by atoms with Crippen LogP contribution < -0.4 is 16.0 Å². The molecule has 1 atom stereocenters. The Kier molecular flexibility index (Phi) is 13.7. The van der Waals surface area contributed by atoms with Crippen molar-refractivity contribution in [1.29, 1.82) is 0 Å². The molecule has 1 unspecified atom stereocenters. The average Bonchev–Trinajstić information content (AvgIpc) is 3.06. The van der Waals surface area contributed by atoms with Crippen LogP contribution in [0.1, 0.15) is 65.3 Å². The van der Waals surface area contributed by atoms with Crippen molar-refractivity contribution in [3.63, 3.8) is 0 Å². The lowest BCUT2D eigenvalue weighted by Gasteiger charge is -2.22. The zero-order valence-electron chi connectivity index (χ0n) is 17.9. The molecule has 0 aliphatic rings. The van der Waals surface area contributed by atoms with Gasteiger partial charge in [0.1, 0.15) is 6.54 Å². The molecule has 1 aromatic rings. The first kappa shape index (κ1) is 26.5. The molecule has 9 heteroatoms. The van der Waals surface area contributed by atoms with E-state index in [4.69, 9.17) is 9.26 Å². The third-order valence-electron chi connectivity index (χ3n) is 3.78. The van der Waals surface area contributed by atoms with Gasteiger partial charge < -0.3 is 25.2 Å². The van der Waals surface area contributed by atoms with Gasteiger partial charge in [-0.05, 0) is 32.1 Å². The summed E-state index contributed by atoms with van der Waals surface area (Å²) in [6.07, 6.45) is 0.445. The van der Waals surface area contributed by atoms with Gasteiger partial charge in [0, 0.05) is 25.2 Å². The van der Waals surface area contributed by atoms with Crippen LogP contribution in [0.15, 0.2) is 15.6 Å². The molecule has 1 heterocycles. The predicted octanol–water partition coefficient (Wildman–Crippen LogP) is 3.63. The molecular weight excluding hydrogens is 473 g/mol. The number of halogens is 1. The molecule has 0 fully saturated rings. The van der Waals surface area contributed by atoms with Crippen LogP contribution >= 0.6 is 24.0 Å². The van der Waals surface area contributed by atoms with Gasteiger partial charge >= 0.3 is 6.09 Å². The van der Waals surface area contributed by atoms with Gasteiger partial charge in [0.25, 0.3) is 0 Å². The van der Waals surface area contributed by atoms with Crippen LogP contribution in [0, 0.1) is 5.92 Å². The number of carbonyl (C=O) groups is 1. The highest BCUT2D eigenvalue weighted by Crippen LogP contribution is 2.14. The largest absolute Gasteiger partial charge is 0.450 e. The monoisotopic (exact) mass is 509 g/mol. The number of rotatable bonds is 10. The number of hydrogen-bond donors (Lipinski definition) is 3. The summed E-state index contributed by atoms with van der Waals surface area (Å²) < 4.78 is 10.3. The van der Waals surface area contributed by atoms with Crippen LogP contribution in [-0.4, -0.2) is 42.9 Å². The van der Waals surface area contributed by atoms with Gasteiger partial charge in [0.15, 0.2) is 11.7 Å². The Morgan fingerprint density at radius 1 is 1.25 bits per heavy atom. The van der Waals surface area contributed by atoms with Gasteiger partial charge in [-0.15, -0.1) is 24.0 Å². The Balaban J connectivity index is 0.00000729. The maximum absolute atomic E-state index is 11.7. The summed E-state index contributed by atoms with van der Waals surface area (Å²) in [5.41, 5.74) is 0.925. The summed E-state index contributed by atoms with van der Waals surface area (Å²) in [5, 5.41) is 13.4. The Labute approximate surface area is 185 Å². The number of amides is 1. The molecule has 0 saturated heterocycles. The molecule has 0 aliphatic heterocycles. The van der Waals surface area contributed by atoms with Crippen molar-refractivity contribution in [3.05, 3.63) is 17.5 Å². The van der Waals surface area contributed by atoms with E-state index in [1.807, 2.05) is 13.0 Å². The van der Waals surface area contributed by atoms with E-state index in [1.54, 1.807) is 6.92 Å². The first-order chi connectivity index (χ1) is 12.8. The maximum Gasteiger partial charge on any atom is 0.407 e. The van der Waals surface area contributed by atoms with Crippen LogP contribution in [0.25, 0.3) is 0 Å². The number of nitrogens with zero attached hydrogens (tertiary/aromatic N) is 2. The van der Waals surface area contributed by atoms with Crippen molar-refractivity contribution >= 4 is 36.0 Å². The second-order valence-corrected chi connectivity index (χ2v) is 7.14. The average molecular weight is 509 g/mol. The number of nitrogens with one attached hydrogen (secondary N) is 3. The highest BCUT2D eigenvalue weighted by Gasteiger charge is 2.15. The first-order valence-corrected chi connectivity index (χ1v) is 9.76. The number of hydrogen-bond acceptors (Lipinski definition) is 5. The number of ether oxygens (including phenoxy) is 1. The quantitative estimate of drug-likeness (QED) is 0.253. The molecule has 0 aromatic carbocycles. The number of alkyl carbamates (subject to hydrolysis) is 1. The summed E-state index contributed by atoms with van der Waals surface area (Å²) in [7, 11) is 0. The maximum atomic E-state index is 11.7. The molecule has 0 spiro atoms. The van der Waals surface area contributed by atoms with E-state index in [2.05, 4.69) is 53.8 Å². The van der Waals surface area contributed by atoms with Gasteiger partial charge in [-0.1, -0.05) is 32.9 Å². The molecule has 8 nitrogen and oxygen atoms in total. The highest BCUT2D eigenvalue weighted by atomic mass is 127. The molecule has 1 rings (SSSR count). The Morgan fingerprint density at radius 3 is 2.50 bits per heavy atom. The molecule has 3 N–H and O–H groups in total. The minimum Gasteiger partial charge on any atom is -0.450 e. The number of aliphatic imine (C=N–C) groups is 1. The highest BCUT2D eigenvalue weighted by molar-refractivity contribution is 14.0. The fraction of sp³-hybridized carbons (Fsp3) is 0.737. The van der Waals surface area contributed by atoms with Crippen LogP contribution in [0.5, 0.6) is 0 Å². The Morgan fingerprint density at radius 2 is 1.96 bits per heavy atom. The third-order valence-corrected chi connectivity index (χ3v) is 3.78. The van der Waals surface area contributed by atoms with E-state index in [0.717, 1.165) is 24.4 Å². The molecule has 0 radical (unpaired) electrons. The fourth-order valence-electron chi connectivity index (χ4n) is 2.50. The van der Waals surface area contributed by atoms with Crippen LogP contribution in [0.4, 0.5) is 4.79 Å². The van der Waals surface area contributed by atoms with Gasteiger partial charge in [-0.2, -0.15) is 0 Å². The lowest BCUT2D eigenvalue weighted by Crippen LogP contribution is -2.47. The van der Waals surface area contributed by atoms with E-state index in [0.29, 0.717) is 37.5 Å². The lowest BCUT2D eigenvalue weighted by atomic mass is 10.0. The first-order valence-electron chi connectivity index (χ1n) is 9.76. The molecule has 28 heavy (non-hydrogen) atoms. The fourth-order valence-corrected chi connectivity index (χ4v) is 2.50. The molecule has 1 amide bonds. The van der Waals surface area contributed by atoms with Crippen molar-refractivity contribution in [1.82, 2.24) is 21.1 Å². The number of carbonyl (C=O) groups excluding carboxylic acids is 1.